The van der Waals surface area contributed by atoms with Crippen LogP contribution in [-0.2, 0) is 4.79 Å². The van der Waals surface area contributed by atoms with E-state index in [2.05, 4.69) is 4.98 Å². The largest absolute Gasteiger partial charge is 0.480 e. The molecule has 0 aliphatic heterocycles. The first-order valence-electron chi connectivity index (χ1n) is 5.23. The number of hydrogen-bond acceptors (Lipinski definition) is 2. The van der Waals surface area contributed by atoms with Gasteiger partial charge >= 0.3 is 5.97 Å². The van der Waals surface area contributed by atoms with Crippen molar-refractivity contribution in [3.63, 3.8) is 0 Å². The van der Waals surface area contributed by atoms with Crippen molar-refractivity contribution in [2.75, 3.05) is 13.6 Å². The topological polar surface area (TPSA) is 73.4 Å². The molecule has 1 amide bonds. The zero-order valence-corrected chi connectivity index (χ0v) is 9.61. The van der Waals surface area contributed by atoms with Crippen molar-refractivity contribution in [2.45, 2.75) is 0 Å². The lowest BCUT2D eigenvalue weighted by molar-refractivity contribution is -0.137. The van der Waals surface area contributed by atoms with Gasteiger partial charge in [-0.2, -0.15) is 0 Å². The molecule has 94 valence electrons. The van der Waals surface area contributed by atoms with Gasteiger partial charge in [0.1, 0.15) is 18.1 Å². The number of aromatic nitrogens is 1. The van der Waals surface area contributed by atoms with Crippen LogP contribution in [0.2, 0.25) is 0 Å². The molecule has 6 heteroatoms. The van der Waals surface area contributed by atoms with Crippen molar-refractivity contribution in [1.29, 1.82) is 0 Å². The first kappa shape index (κ1) is 12.1. The summed E-state index contributed by atoms with van der Waals surface area (Å²) < 4.78 is 13.4. The number of likely N-dealkylation sites (N-methyl/N-ethyl adjacent to an activating group) is 1. The van der Waals surface area contributed by atoms with Crippen molar-refractivity contribution in [3.05, 3.63) is 35.8 Å². The second-order valence-electron chi connectivity index (χ2n) is 3.94. The summed E-state index contributed by atoms with van der Waals surface area (Å²) in [6.45, 7) is -0.406. The number of carboxylic acid groups (broad SMARTS) is 1. The Morgan fingerprint density at radius 3 is 2.78 bits per heavy atom. The summed E-state index contributed by atoms with van der Waals surface area (Å²) >= 11 is 0. The van der Waals surface area contributed by atoms with E-state index < -0.39 is 24.2 Å². The summed E-state index contributed by atoms with van der Waals surface area (Å²) in [5.41, 5.74) is 0.668. The lowest BCUT2D eigenvalue weighted by Crippen LogP contribution is -2.32. The van der Waals surface area contributed by atoms with Crippen LogP contribution >= 0.6 is 0 Å². The molecule has 0 spiro atoms. The molecule has 2 aromatic rings. The number of carbonyl (C=O) groups is 2. The number of benzene rings is 1. The Hall–Kier alpha value is -2.37. The number of fused-ring (bicyclic) bond motifs is 1. The average Bonchev–Trinajstić information content (AvgIpc) is 2.72. The van der Waals surface area contributed by atoms with Crippen molar-refractivity contribution in [1.82, 2.24) is 9.88 Å². The number of nitrogens with zero attached hydrogens (tertiary/aromatic N) is 1. The highest BCUT2D eigenvalue weighted by atomic mass is 19.1. The molecule has 0 radical (unpaired) electrons. The molecular weight excluding hydrogens is 239 g/mol. The quantitative estimate of drug-likeness (QED) is 0.866. The van der Waals surface area contributed by atoms with E-state index in [-0.39, 0.29) is 5.69 Å². The van der Waals surface area contributed by atoms with Crippen LogP contribution in [0.5, 0.6) is 0 Å². The minimum atomic E-state index is -1.10. The predicted molar refractivity (Wildman–Crippen MR) is 62.9 cm³/mol. The van der Waals surface area contributed by atoms with Gasteiger partial charge in [-0.05, 0) is 18.2 Å². The molecule has 18 heavy (non-hydrogen) atoms. The van der Waals surface area contributed by atoms with Gasteiger partial charge in [0, 0.05) is 18.0 Å². The number of carboxylic acids is 1. The Morgan fingerprint density at radius 1 is 1.44 bits per heavy atom. The van der Waals surface area contributed by atoms with Gasteiger partial charge in [0.25, 0.3) is 5.91 Å². The Bertz CT molecular complexity index is 621. The lowest BCUT2D eigenvalue weighted by Gasteiger charge is -2.12. The van der Waals surface area contributed by atoms with E-state index in [9.17, 15) is 14.0 Å². The Balaban J connectivity index is 2.34. The van der Waals surface area contributed by atoms with Gasteiger partial charge in [-0.15, -0.1) is 0 Å². The summed E-state index contributed by atoms with van der Waals surface area (Å²) in [5, 5.41) is 8.91. The number of amides is 1. The van der Waals surface area contributed by atoms with Crippen LogP contribution in [-0.4, -0.2) is 40.5 Å². The van der Waals surface area contributed by atoms with Crippen molar-refractivity contribution in [2.24, 2.45) is 0 Å². The van der Waals surface area contributed by atoms with Crippen LogP contribution in [0.3, 0.4) is 0 Å². The molecule has 0 saturated heterocycles. The van der Waals surface area contributed by atoms with Gasteiger partial charge < -0.3 is 15.0 Å². The lowest BCUT2D eigenvalue weighted by atomic mass is 10.2. The maximum atomic E-state index is 13.4. The third-order valence-corrected chi connectivity index (χ3v) is 2.56. The number of carbonyl (C=O) groups excluding carboxylic acids is 1. The summed E-state index contributed by atoms with van der Waals surface area (Å²) in [5.74, 6) is -2.02. The average molecular weight is 250 g/mol. The van der Waals surface area contributed by atoms with Crippen LogP contribution in [0.1, 0.15) is 10.5 Å². The number of hydrogen-bond donors (Lipinski definition) is 2. The van der Waals surface area contributed by atoms with E-state index in [4.69, 9.17) is 5.11 Å². The monoisotopic (exact) mass is 250 g/mol. The number of aromatic amines is 1. The molecule has 0 fully saturated rings. The van der Waals surface area contributed by atoms with Crippen LogP contribution in [0.15, 0.2) is 24.3 Å². The van der Waals surface area contributed by atoms with Gasteiger partial charge in [0.2, 0.25) is 0 Å². The molecule has 1 heterocycles. The van der Waals surface area contributed by atoms with E-state index in [1.54, 1.807) is 6.07 Å². The summed E-state index contributed by atoms with van der Waals surface area (Å²) in [7, 11) is 1.37. The van der Waals surface area contributed by atoms with Gasteiger partial charge in [-0.25, -0.2) is 4.39 Å². The van der Waals surface area contributed by atoms with E-state index in [0.717, 1.165) is 4.90 Å². The van der Waals surface area contributed by atoms with Crippen LogP contribution in [0.4, 0.5) is 4.39 Å². The Morgan fingerprint density at radius 2 is 2.17 bits per heavy atom. The maximum absolute atomic E-state index is 13.4. The van der Waals surface area contributed by atoms with Gasteiger partial charge in [-0.1, -0.05) is 6.07 Å². The standard InChI is InChI=1S/C12H11FN2O3/c1-15(6-11(16)17)12(18)10-5-7-8(13)3-2-4-9(7)14-10/h2-5,14H,6H2,1H3,(H,16,17). The minimum absolute atomic E-state index is 0.166. The fourth-order valence-electron chi connectivity index (χ4n) is 1.71. The molecule has 1 aromatic carbocycles. The van der Waals surface area contributed by atoms with Crippen LogP contribution in [0, 0.1) is 5.82 Å². The van der Waals surface area contributed by atoms with E-state index in [1.807, 2.05) is 0 Å². The molecule has 0 unspecified atom stereocenters. The summed E-state index contributed by atoms with van der Waals surface area (Å²) in [6, 6.07) is 5.85. The molecule has 0 bridgehead atoms. The third kappa shape index (κ3) is 2.17. The molecule has 0 aliphatic rings. The minimum Gasteiger partial charge on any atom is -0.480 e. The Labute approximate surface area is 102 Å². The molecule has 1 aromatic heterocycles. The molecule has 0 saturated carbocycles. The highest BCUT2D eigenvalue weighted by Crippen LogP contribution is 2.19. The van der Waals surface area contributed by atoms with Crippen molar-refractivity contribution < 1.29 is 19.1 Å². The number of halogens is 1. The fourth-order valence-corrected chi connectivity index (χ4v) is 1.71. The molecule has 0 atom stereocenters. The maximum Gasteiger partial charge on any atom is 0.323 e. The fraction of sp³-hybridized carbons (Fsp3) is 0.167. The molecular formula is C12H11FN2O3. The third-order valence-electron chi connectivity index (χ3n) is 2.56. The van der Waals surface area contributed by atoms with Crippen LogP contribution < -0.4 is 0 Å². The zero-order chi connectivity index (χ0) is 13.3. The second-order valence-corrected chi connectivity index (χ2v) is 3.94. The predicted octanol–water partition coefficient (Wildman–Crippen LogP) is 1.46. The zero-order valence-electron chi connectivity index (χ0n) is 9.61. The molecule has 5 nitrogen and oxygen atoms in total. The molecule has 2 rings (SSSR count). The normalized spacial score (nSPS) is 10.6. The first-order valence-corrected chi connectivity index (χ1v) is 5.23. The highest BCUT2D eigenvalue weighted by molar-refractivity contribution is 5.99. The van der Waals surface area contributed by atoms with E-state index >= 15 is 0 Å². The summed E-state index contributed by atoms with van der Waals surface area (Å²) in [4.78, 5) is 26.2. The number of H-pyrrole nitrogens is 1. The van der Waals surface area contributed by atoms with Gasteiger partial charge in [0.05, 0.1) is 0 Å². The van der Waals surface area contributed by atoms with Gasteiger partial charge in [0.15, 0.2) is 0 Å². The van der Waals surface area contributed by atoms with E-state index in [0.29, 0.717) is 10.9 Å². The number of aliphatic carboxylic acids is 1. The summed E-state index contributed by atoms with van der Waals surface area (Å²) in [6.07, 6.45) is 0. The number of rotatable bonds is 3. The first-order chi connectivity index (χ1) is 8.49. The second kappa shape index (κ2) is 4.48. The van der Waals surface area contributed by atoms with Crippen molar-refractivity contribution >= 4 is 22.8 Å². The molecule has 2 N–H and O–H groups in total. The van der Waals surface area contributed by atoms with Gasteiger partial charge in [-0.3, -0.25) is 9.59 Å². The van der Waals surface area contributed by atoms with Crippen molar-refractivity contribution in [3.8, 4) is 0 Å². The smallest absolute Gasteiger partial charge is 0.323 e. The SMILES string of the molecule is CN(CC(=O)O)C(=O)c1cc2c(F)cccc2[nH]1. The highest BCUT2D eigenvalue weighted by Gasteiger charge is 2.17. The molecule has 0 aliphatic carbocycles. The number of nitrogens with one attached hydrogen (secondary N) is 1. The Kier molecular flexibility index (Phi) is 3.01. The van der Waals surface area contributed by atoms with E-state index in [1.165, 1.54) is 25.2 Å². The van der Waals surface area contributed by atoms with Crippen LogP contribution in [0.25, 0.3) is 10.9 Å².